The van der Waals surface area contributed by atoms with E-state index in [2.05, 4.69) is 15.6 Å². The number of anilines is 3. The van der Waals surface area contributed by atoms with Gasteiger partial charge in [0.25, 0.3) is 0 Å². The zero-order valence-corrected chi connectivity index (χ0v) is 10.8. The summed E-state index contributed by atoms with van der Waals surface area (Å²) in [4.78, 5) is 25.7. The molecule has 102 valence electrons. The molecule has 2 rings (SSSR count). The average molecular weight is 271 g/mol. The summed E-state index contributed by atoms with van der Waals surface area (Å²) < 4.78 is 0. The van der Waals surface area contributed by atoms with E-state index in [1.54, 1.807) is 36.4 Å². The third-order valence-electron chi connectivity index (χ3n) is 2.45. The minimum atomic E-state index is -1.07. The second-order valence-corrected chi connectivity index (χ2v) is 4.10. The van der Waals surface area contributed by atoms with E-state index in [9.17, 15) is 9.59 Å². The lowest BCUT2D eigenvalue weighted by molar-refractivity contribution is -0.114. The van der Waals surface area contributed by atoms with Gasteiger partial charge in [0.15, 0.2) is 5.69 Å². The van der Waals surface area contributed by atoms with E-state index in [0.717, 1.165) is 5.69 Å². The Hall–Kier alpha value is -2.89. The maximum absolute atomic E-state index is 10.9. The maximum atomic E-state index is 10.9. The molecule has 0 atom stereocenters. The van der Waals surface area contributed by atoms with Crippen LogP contribution < -0.4 is 10.6 Å². The summed E-state index contributed by atoms with van der Waals surface area (Å²) in [6, 6.07) is 11.7. The van der Waals surface area contributed by atoms with Crippen LogP contribution in [0, 0.1) is 0 Å². The fraction of sp³-hybridized carbons (Fsp3) is 0.0714. The monoisotopic (exact) mass is 271 g/mol. The molecule has 0 bridgehead atoms. The number of aromatic nitrogens is 1. The van der Waals surface area contributed by atoms with Crippen LogP contribution in [0.3, 0.4) is 0 Å². The third kappa shape index (κ3) is 3.55. The van der Waals surface area contributed by atoms with Crippen LogP contribution in [0.2, 0.25) is 0 Å². The van der Waals surface area contributed by atoms with Crippen molar-refractivity contribution >= 4 is 29.1 Å². The number of carboxylic acid groups (broad SMARTS) is 1. The number of hydrogen-bond acceptors (Lipinski definition) is 4. The normalized spacial score (nSPS) is 9.85. The van der Waals surface area contributed by atoms with Gasteiger partial charge in [-0.2, -0.15) is 0 Å². The summed E-state index contributed by atoms with van der Waals surface area (Å²) in [5.74, 6) is -0.770. The first kappa shape index (κ1) is 13.5. The Balaban J connectivity index is 2.11. The molecule has 0 fully saturated rings. The Morgan fingerprint density at radius 3 is 2.30 bits per heavy atom. The number of pyridine rings is 1. The lowest BCUT2D eigenvalue weighted by Gasteiger charge is -2.07. The molecule has 1 amide bonds. The molecule has 1 heterocycles. The highest BCUT2D eigenvalue weighted by Crippen LogP contribution is 2.17. The number of nitrogens with one attached hydrogen (secondary N) is 2. The van der Waals surface area contributed by atoms with Gasteiger partial charge in [-0.1, -0.05) is 6.07 Å². The summed E-state index contributed by atoms with van der Waals surface area (Å²) in [6.07, 6.45) is 0. The lowest BCUT2D eigenvalue weighted by Crippen LogP contribution is -2.05. The van der Waals surface area contributed by atoms with Crippen LogP contribution in [0.1, 0.15) is 17.4 Å². The van der Waals surface area contributed by atoms with Gasteiger partial charge in [-0.25, -0.2) is 9.78 Å². The van der Waals surface area contributed by atoms with Gasteiger partial charge in [0.05, 0.1) is 0 Å². The molecule has 6 heteroatoms. The molecule has 1 aromatic heterocycles. The summed E-state index contributed by atoms with van der Waals surface area (Å²) in [6.45, 7) is 1.44. The average Bonchev–Trinajstić information content (AvgIpc) is 2.41. The summed E-state index contributed by atoms with van der Waals surface area (Å²) in [5.41, 5.74) is 1.41. The van der Waals surface area contributed by atoms with Crippen molar-refractivity contribution in [1.82, 2.24) is 4.98 Å². The second kappa shape index (κ2) is 5.83. The number of hydrogen-bond donors (Lipinski definition) is 3. The molecule has 0 radical (unpaired) electrons. The minimum absolute atomic E-state index is 0.0233. The fourth-order valence-corrected chi connectivity index (χ4v) is 1.61. The van der Waals surface area contributed by atoms with Crippen molar-refractivity contribution < 1.29 is 14.7 Å². The second-order valence-electron chi connectivity index (χ2n) is 4.10. The van der Waals surface area contributed by atoms with Crippen molar-refractivity contribution in [3.05, 3.63) is 48.2 Å². The zero-order chi connectivity index (χ0) is 14.5. The van der Waals surface area contributed by atoms with Gasteiger partial charge in [-0.05, 0) is 36.4 Å². The molecule has 1 aromatic carbocycles. The van der Waals surface area contributed by atoms with Crippen LogP contribution in [0.5, 0.6) is 0 Å². The molecular formula is C14H13N3O3. The molecule has 0 spiro atoms. The molecule has 0 unspecified atom stereocenters. The first-order chi connectivity index (χ1) is 9.54. The Bertz CT molecular complexity index is 638. The quantitative estimate of drug-likeness (QED) is 0.794. The molecule has 0 saturated carbocycles. The molecule has 0 aliphatic heterocycles. The number of rotatable bonds is 4. The molecule has 20 heavy (non-hydrogen) atoms. The highest BCUT2D eigenvalue weighted by atomic mass is 16.4. The summed E-state index contributed by atoms with van der Waals surface area (Å²) in [5, 5.41) is 14.5. The molecule has 6 nitrogen and oxygen atoms in total. The highest BCUT2D eigenvalue weighted by molar-refractivity contribution is 5.89. The van der Waals surface area contributed by atoms with Gasteiger partial charge >= 0.3 is 5.97 Å². The van der Waals surface area contributed by atoms with Crippen LogP contribution in [-0.4, -0.2) is 22.0 Å². The van der Waals surface area contributed by atoms with Crippen molar-refractivity contribution in [3.63, 3.8) is 0 Å². The Morgan fingerprint density at radius 1 is 1.05 bits per heavy atom. The largest absolute Gasteiger partial charge is 0.477 e. The molecule has 2 aromatic rings. The van der Waals surface area contributed by atoms with E-state index in [1.165, 1.54) is 13.0 Å². The number of amides is 1. The number of carbonyl (C=O) groups excluding carboxylic acids is 1. The number of aromatic carboxylic acids is 1. The van der Waals surface area contributed by atoms with E-state index >= 15 is 0 Å². The van der Waals surface area contributed by atoms with Crippen molar-refractivity contribution in [1.29, 1.82) is 0 Å². The van der Waals surface area contributed by atoms with Crippen LogP contribution >= 0.6 is 0 Å². The van der Waals surface area contributed by atoms with Gasteiger partial charge < -0.3 is 15.7 Å². The molecular weight excluding hydrogens is 258 g/mol. The molecule has 0 aliphatic carbocycles. The summed E-state index contributed by atoms with van der Waals surface area (Å²) in [7, 11) is 0. The topological polar surface area (TPSA) is 91.3 Å². The smallest absolute Gasteiger partial charge is 0.354 e. The Kier molecular flexibility index (Phi) is 3.95. The van der Waals surface area contributed by atoms with Crippen molar-refractivity contribution in [2.45, 2.75) is 6.92 Å². The Labute approximate surface area is 115 Å². The zero-order valence-electron chi connectivity index (χ0n) is 10.8. The van der Waals surface area contributed by atoms with Gasteiger partial charge in [0, 0.05) is 18.3 Å². The van der Waals surface area contributed by atoms with Gasteiger partial charge in [0.1, 0.15) is 5.82 Å². The highest BCUT2D eigenvalue weighted by Gasteiger charge is 2.05. The van der Waals surface area contributed by atoms with E-state index in [4.69, 9.17) is 5.11 Å². The van der Waals surface area contributed by atoms with E-state index in [-0.39, 0.29) is 11.6 Å². The third-order valence-corrected chi connectivity index (χ3v) is 2.45. The predicted molar refractivity (Wildman–Crippen MR) is 75.2 cm³/mol. The van der Waals surface area contributed by atoms with Gasteiger partial charge in [0.2, 0.25) is 5.91 Å². The van der Waals surface area contributed by atoms with Gasteiger partial charge in [-0.3, -0.25) is 4.79 Å². The lowest BCUT2D eigenvalue weighted by atomic mass is 10.2. The first-order valence-electron chi connectivity index (χ1n) is 5.89. The predicted octanol–water partition coefficient (Wildman–Crippen LogP) is 2.48. The minimum Gasteiger partial charge on any atom is -0.477 e. The molecule has 3 N–H and O–H groups in total. The number of benzene rings is 1. The van der Waals surface area contributed by atoms with E-state index in [0.29, 0.717) is 11.5 Å². The van der Waals surface area contributed by atoms with Crippen LogP contribution in [0.4, 0.5) is 17.2 Å². The number of carbonyl (C=O) groups is 2. The van der Waals surface area contributed by atoms with Gasteiger partial charge in [-0.15, -0.1) is 0 Å². The number of carboxylic acids is 1. The van der Waals surface area contributed by atoms with E-state index in [1.807, 2.05) is 0 Å². The van der Waals surface area contributed by atoms with Crippen LogP contribution in [-0.2, 0) is 4.79 Å². The maximum Gasteiger partial charge on any atom is 0.354 e. The number of nitrogens with zero attached hydrogens (tertiary/aromatic N) is 1. The molecule has 0 saturated heterocycles. The van der Waals surface area contributed by atoms with Crippen molar-refractivity contribution in [3.8, 4) is 0 Å². The fourth-order valence-electron chi connectivity index (χ4n) is 1.61. The van der Waals surface area contributed by atoms with Crippen LogP contribution in [0.15, 0.2) is 42.5 Å². The van der Waals surface area contributed by atoms with Crippen LogP contribution in [0.25, 0.3) is 0 Å². The van der Waals surface area contributed by atoms with Crippen molar-refractivity contribution in [2.24, 2.45) is 0 Å². The molecule has 0 aliphatic rings. The van der Waals surface area contributed by atoms with Crippen molar-refractivity contribution in [2.75, 3.05) is 10.6 Å². The standard InChI is InChI=1S/C14H13N3O3/c1-9(18)15-10-5-7-11(8-6-10)16-13-4-2-3-12(17-13)14(19)20/h2-8H,1H3,(H,15,18)(H,16,17)(H,19,20). The first-order valence-corrected chi connectivity index (χ1v) is 5.89. The summed E-state index contributed by atoms with van der Waals surface area (Å²) >= 11 is 0. The van der Waals surface area contributed by atoms with E-state index < -0.39 is 5.97 Å². The Morgan fingerprint density at radius 2 is 1.70 bits per heavy atom. The SMILES string of the molecule is CC(=O)Nc1ccc(Nc2cccc(C(=O)O)n2)cc1.